The molecule has 3 aromatic rings. The van der Waals surface area contributed by atoms with Crippen LogP contribution in [0.5, 0.6) is 0 Å². The summed E-state index contributed by atoms with van der Waals surface area (Å²) in [4.78, 5) is 5.18. The Kier molecular flexibility index (Phi) is 3.89. The minimum Gasteiger partial charge on any atom is -0.397 e. The van der Waals surface area contributed by atoms with E-state index in [-0.39, 0.29) is 0 Å². The molecule has 0 saturated heterocycles. The number of aryl methyl sites for hydroxylation is 1. The van der Waals surface area contributed by atoms with E-state index in [9.17, 15) is 0 Å². The Morgan fingerprint density at radius 2 is 2.10 bits per heavy atom. The Morgan fingerprint density at radius 3 is 2.76 bits per heavy atom. The average molecular weight is 340 g/mol. The Labute approximate surface area is 135 Å². The molecule has 1 aromatic carbocycles. The van der Waals surface area contributed by atoms with E-state index in [0.29, 0.717) is 33.9 Å². The van der Waals surface area contributed by atoms with E-state index in [1.165, 1.54) is 11.3 Å². The molecule has 0 aliphatic rings. The van der Waals surface area contributed by atoms with E-state index >= 15 is 0 Å². The number of anilines is 1. The highest BCUT2D eigenvalue weighted by atomic mass is 35.5. The first-order valence-corrected chi connectivity index (χ1v) is 7.78. The Hall–Kier alpha value is -1.56. The first kappa shape index (κ1) is 14.4. The van der Waals surface area contributed by atoms with E-state index in [1.807, 2.05) is 18.4 Å². The van der Waals surface area contributed by atoms with Gasteiger partial charge in [0.15, 0.2) is 5.82 Å². The quantitative estimate of drug-likeness (QED) is 0.757. The van der Waals surface area contributed by atoms with Crippen molar-refractivity contribution in [3.63, 3.8) is 0 Å². The second-order valence-corrected chi connectivity index (χ2v) is 6.30. The number of rotatable bonds is 3. The fourth-order valence-electron chi connectivity index (χ4n) is 1.87. The van der Waals surface area contributed by atoms with Gasteiger partial charge < -0.3 is 10.3 Å². The summed E-state index contributed by atoms with van der Waals surface area (Å²) in [5.41, 5.74) is 8.65. The lowest BCUT2D eigenvalue weighted by atomic mass is 10.1. The second-order valence-electron chi connectivity index (χ2n) is 4.60. The first-order chi connectivity index (χ1) is 10.0. The molecule has 2 N–H and O–H groups in total. The van der Waals surface area contributed by atoms with E-state index < -0.39 is 0 Å². The van der Waals surface area contributed by atoms with Crippen molar-refractivity contribution < 1.29 is 4.52 Å². The zero-order valence-electron chi connectivity index (χ0n) is 11.1. The van der Waals surface area contributed by atoms with Crippen molar-refractivity contribution in [3.8, 4) is 10.8 Å². The maximum atomic E-state index is 5.99. The molecule has 0 bridgehead atoms. The highest BCUT2D eigenvalue weighted by molar-refractivity contribution is 7.14. The van der Waals surface area contributed by atoms with Crippen molar-refractivity contribution in [2.24, 2.45) is 0 Å². The minimum absolute atomic E-state index is 0.445. The number of nitrogens with zero attached hydrogens (tertiary/aromatic N) is 2. The number of nitrogens with two attached hydrogens (primary N) is 1. The van der Waals surface area contributed by atoms with E-state index in [4.69, 9.17) is 33.5 Å². The molecule has 0 fully saturated rings. The van der Waals surface area contributed by atoms with Gasteiger partial charge in [-0.05, 0) is 35.6 Å². The van der Waals surface area contributed by atoms with Crippen molar-refractivity contribution in [1.82, 2.24) is 10.1 Å². The van der Waals surface area contributed by atoms with Crippen LogP contribution in [0.15, 0.2) is 28.1 Å². The van der Waals surface area contributed by atoms with Crippen LogP contribution in [0.4, 0.5) is 5.69 Å². The summed E-state index contributed by atoms with van der Waals surface area (Å²) < 4.78 is 5.28. The van der Waals surface area contributed by atoms with E-state index in [2.05, 4.69) is 10.1 Å². The molecule has 2 heterocycles. The summed E-state index contributed by atoms with van der Waals surface area (Å²) in [5.74, 6) is 1.02. The maximum Gasteiger partial charge on any atom is 0.270 e. The number of nitrogen functional groups attached to an aromatic ring is 1. The van der Waals surface area contributed by atoms with Crippen molar-refractivity contribution in [2.45, 2.75) is 13.3 Å². The number of hydrogen-bond acceptors (Lipinski definition) is 5. The molecule has 108 valence electrons. The monoisotopic (exact) mass is 339 g/mol. The van der Waals surface area contributed by atoms with Gasteiger partial charge >= 0.3 is 0 Å². The topological polar surface area (TPSA) is 64.9 Å². The van der Waals surface area contributed by atoms with Crippen molar-refractivity contribution >= 4 is 40.2 Å². The average Bonchev–Trinajstić information content (AvgIpc) is 3.03. The SMILES string of the molecule is Cc1csc(-c2nc(Cc3ccc(Cl)c(Cl)c3)no2)c1N. The van der Waals surface area contributed by atoms with Crippen molar-refractivity contribution in [1.29, 1.82) is 0 Å². The summed E-state index contributed by atoms with van der Waals surface area (Å²) in [5, 5.41) is 6.98. The molecule has 4 nitrogen and oxygen atoms in total. The Balaban J connectivity index is 1.85. The number of benzene rings is 1. The first-order valence-electron chi connectivity index (χ1n) is 6.15. The van der Waals surface area contributed by atoms with Crippen LogP contribution in [0.25, 0.3) is 10.8 Å². The number of aromatic nitrogens is 2. The molecule has 21 heavy (non-hydrogen) atoms. The number of thiophene rings is 1. The highest BCUT2D eigenvalue weighted by Gasteiger charge is 2.15. The van der Waals surface area contributed by atoms with Gasteiger partial charge in [0.05, 0.1) is 15.7 Å². The molecule has 0 spiro atoms. The normalized spacial score (nSPS) is 11.0. The largest absolute Gasteiger partial charge is 0.397 e. The summed E-state index contributed by atoms with van der Waals surface area (Å²) in [7, 11) is 0. The Morgan fingerprint density at radius 1 is 1.29 bits per heavy atom. The van der Waals surface area contributed by atoms with Crippen LogP contribution >= 0.6 is 34.5 Å². The van der Waals surface area contributed by atoms with Crippen LogP contribution in [0, 0.1) is 6.92 Å². The van der Waals surface area contributed by atoms with Crippen LogP contribution in [0.3, 0.4) is 0 Å². The molecule has 2 aromatic heterocycles. The van der Waals surface area contributed by atoms with Gasteiger partial charge in [0.2, 0.25) is 0 Å². The van der Waals surface area contributed by atoms with Gasteiger partial charge in [-0.1, -0.05) is 34.4 Å². The Bertz CT molecular complexity index is 797. The smallest absolute Gasteiger partial charge is 0.270 e. The summed E-state index contributed by atoms with van der Waals surface area (Å²) >= 11 is 13.4. The molecule has 0 radical (unpaired) electrons. The van der Waals surface area contributed by atoms with Gasteiger partial charge in [-0.25, -0.2) is 0 Å². The number of hydrogen-bond donors (Lipinski definition) is 1. The molecule has 0 unspecified atom stereocenters. The predicted octanol–water partition coefficient (Wildman–Crippen LogP) is 4.59. The van der Waals surface area contributed by atoms with Crippen molar-refractivity contribution in [3.05, 3.63) is 50.6 Å². The molecule has 0 saturated carbocycles. The fraction of sp³-hybridized carbons (Fsp3) is 0.143. The third kappa shape index (κ3) is 2.90. The molecule has 0 aliphatic heterocycles. The van der Waals surface area contributed by atoms with Gasteiger partial charge in [-0.15, -0.1) is 11.3 Å². The minimum atomic E-state index is 0.445. The highest BCUT2D eigenvalue weighted by Crippen LogP contribution is 2.33. The fourth-order valence-corrected chi connectivity index (χ4v) is 3.08. The lowest BCUT2D eigenvalue weighted by Crippen LogP contribution is -1.91. The van der Waals surface area contributed by atoms with E-state index in [0.717, 1.165) is 16.0 Å². The van der Waals surface area contributed by atoms with Crippen LogP contribution in [0.2, 0.25) is 10.0 Å². The van der Waals surface area contributed by atoms with Gasteiger partial charge in [-0.3, -0.25) is 0 Å². The lowest BCUT2D eigenvalue weighted by molar-refractivity contribution is 0.425. The van der Waals surface area contributed by atoms with Crippen LogP contribution < -0.4 is 5.73 Å². The molecular weight excluding hydrogens is 329 g/mol. The van der Waals surface area contributed by atoms with E-state index in [1.54, 1.807) is 12.1 Å². The summed E-state index contributed by atoms with van der Waals surface area (Å²) in [6, 6.07) is 5.43. The van der Waals surface area contributed by atoms with Crippen molar-refractivity contribution in [2.75, 3.05) is 5.73 Å². The molecular formula is C14H11Cl2N3OS. The number of halogens is 2. The van der Waals surface area contributed by atoms with Gasteiger partial charge in [0, 0.05) is 6.42 Å². The van der Waals surface area contributed by atoms with Crippen LogP contribution in [0.1, 0.15) is 17.0 Å². The third-order valence-corrected chi connectivity index (χ3v) is 4.87. The van der Waals surface area contributed by atoms with Crippen LogP contribution in [-0.2, 0) is 6.42 Å². The van der Waals surface area contributed by atoms with Gasteiger partial charge in [-0.2, -0.15) is 4.98 Å². The van der Waals surface area contributed by atoms with Gasteiger partial charge in [0.1, 0.15) is 4.88 Å². The zero-order valence-corrected chi connectivity index (χ0v) is 13.4. The molecule has 0 aliphatic carbocycles. The predicted molar refractivity (Wildman–Crippen MR) is 86.0 cm³/mol. The molecule has 7 heteroatoms. The molecule has 3 rings (SSSR count). The summed E-state index contributed by atoms with van der Waals surface area (Å²) in [6.07, 6.45) is 0.519. The lowest BCUT2D eigenvalue weighted by Gasteiger charge is -1.99. The summed E-state index contributed by atoms with van der Waals surface area (Å²) in [6.45, 7) is 1.95. The standard InChI is InChI=1S/C14H11Cl2N3OS/c1-7-6-21-13(12(7)17)14-18-11(19-20-14)5-8-2-3-9(15)10(16)4-8/h2-4,6H,5,17H2,1H3. The molecule has 0 amide bonds. The van der Waals surface area contributed by atoms with Gasteiger partial charge in [0.25, 0.3) is 5.89 Å². The molecule has 0 atom stereocenters. The maximum absolute atomic E-state index is 5.99. The van der Waals surface area contributed by atoms with Crippen LogP contribution in [-0.4, -0.2) is 10.1 Å². The third-order valence-electron chi connectivity index (χ3n) is 3.03. The zero-order chi connectivity index (χ0) is 15.0. The second kappa shape index (κ2) is 5.67.